The molecule has 196 valence electrons. The van der Waals surface area contributed by atoms with E-state index in [1.165, 1.54) is 45.1 Å². The summed E-state index contributed by atoms with van der Waals surface area (Å²) in [5.74, 6) is 0.773. The number of barbiturate groups is 1. The molecule has 0 spiro atoms. The number of nitrogens with zero attached hydrogens (tertiary/aromatic N) is 1. The van der Waals surface area contributed by atoms with E-state index in [4.69, 9.17) is 4.74 Å². The summed E-state index contributed by atoms with van der Waals surface area (Å²) in [6.45, 7) is 3.00. The molecular formula is C30H37N3O4. The summed E-state index contributed by atoms with van der Waals surface area (Å²) in [6.07, 6.45) is 8.52. The molecule has 1 saturated carbocycles. The molecule has 2 aromatic carbocycles. The van der Waals surface area contributed by atoms with Crippen molar-refractivity contribution >= 4 is 17.8 Å². The Morgan fingerprint density at radius 1 is 1.00 bits per heavy atom. The molecule has 2 saturated heterocycles. The molecule has 7 heteroatoms. The average molecular weight is 504 g/mol. The van der Waals surface area contributed by atoms with Crippen LogP contribution in [0.2, 0.25) is 0 Å². The molecule has 2 N–H and O–H groups in total. The van der Waals surface area contributed by atoms with Crippen molar-refractivity contribution in [3.63, 3.8) is 0 Å². The number of urea groups is 1. The van der Waals surface area contributed by atoms with Crippen molar-refractivity contribution in [2.45, 2.75) is 68.7 Å². The van der Waals surface area contributed by atoms with Gasteiger partial charge in [0.1, 0.15) is 5.75 Å². The van der Waals surface area contributed by atoms with Crippen molar-refractivity contribution in [2.24, 2.45) is 5.92 Å². The molecule has 4 aliphatic rings. The van der Waals surface area contributed by atoms with Crippen molar-refractivity contribution in [3.05, 3.63) is 65.2 Å². The van der Waals surface area contributed by atoms with E-state index in [0.717, 1.165) is 17.7 Å². The Labute approximate surface area is 218 Å². The van der Waals surface area contributed by atoms with Crippen LogP contribution >= 0.6 is 0 Å². The minimum atomic E-state index is -1.31. The maximum absolute atomic E-state index is 12.0. The van der Waals surface area contributed by atoms with Gasteiger partial charge >= 0.3 is 6.03 Å². The van der Waals surface area contributed by atoms with Gasteiger partial charge in [0, 0.05) is 11.5 Å². The highest BCUT2D eigenvalue weighted by Crippen LogP contribution is 2.55. The number of amides is 4. The van der Waals surface area contributed by atoms with E-state index >= 15 is 0 Å². The van der Waals surface area contributed by atoms with E-state index in [-0.39, 0.29) is 0 Å². The number of carbonyl (C=O) groups is 3. The zero-order valence-electron chi connectivity index (χ0n) is 22.0. The Balaban J connectivity index is 0.000000154. The number of hydrogen-bond donors (Lipinski definition) is 2. The van der Waals surface area contributed by atoms with Crippen LogP contribution in [0.5, 0.6) is 5.75 Å². The lowest BCUT2D eigenvalue weighted by atomic mass is 9.52. The van der Waals surface area contributed by atoms with E-state index in [0.29, 0.717) is 17.4 Å². The summed E-state index contributed by atoms with van der Waals surface area (Å²) in [7, 11) is 4.12. The van der Waals surface area contributed by atoms with Gasteiger partial charge in [-0.05, 0) is 80.4 Å². The number of nitrogens with one attached hydrogen (secondary N) is 2. The highest BCUT2D eigenvalue weighted by molar-refractivity contribution is 6.22. The number of fused-ring (bicyclic) bond motifs is 1. The van der Waals surface area contributed by atoms with E-state index < -0.39 is 23.3 Å². The number of ether oxygens (including phenoxy) is 1. The van der Waals surface area contributed by atoms with Crippen LogP contribution in [0.25, 0.3) is 0 Å². The number of carbonyl (C=O) groups excluding carboxylic acids is 3. The summed E-state index contributed by atoms with van der Waals surface area (Å²) in [6, 6.07) is 15.6. The standard InChI is InChI=1S/C18H25NO.C12H12N2O3/c1-19-10-9-18-8-4-3-5-15(18)17(19)11-13-6-7-14(20-2)12-16(13)18;1-2-12(8-6-4-3-5-7-8)9(15)13-11(17)14-10(12)16/h6-7,12,15,17H,3-5,8-11H2,1-2H3;3-7H,2H2,1H3,(H2,13,14,15,16,17)/t15-,17-,18-;/m1./s1. The fraction of sp³-hybridized carbons (Fsp3) is 0.500. The monoisotopic (exact) mass is 503 g/mol. The van der Waals surface area contributed by atoms with E-state index in [9.17, 15) is 14.4 Å². The molecule has 2 aliphatic carbocycles. The van der Waals surface area contributed by atoms with Crippen molar-refractivity contribution in [1.29, 1.82) is 0 Å². The number of likely N-dealkylation sites (N-methyl/N-ethyl adjacent to an activating group) is 1. The first-order chi connectivity index (χ1) is 17.9. The number of hydrogen-bond acceptors (Lipinski definition) is 5. The fourth-order valence-corrected chi connectivity index (χ4v) is 7.37. The van der Waals surface area contributed by atoms with E-state index in [1.54, 1.807) is 55.5 Å². The first-order valence-electron chi connectivity index (χ1n) is 13.5. The normalized spacial score (nSPS) is 28.0. The van der Waals surface area contributed by atoms with Crippen LogP contribution in [0.4, 0.5) is 4.79 Å². The molecule has 6 rings (SSSR count). The molecule has 3 atom stereocenters. The predicted molar refractivity (Wildman–Crippen MR) is 141 cm³/mol. The number of likely N-dealkylation sites (tertiary alicyclic amines) is 1. The third-order valence-electron chi connectivity index (χ3n) is 9.35. The Morgan fingerprint density at radius 2 is 1.73 bits per heavy atom. The fourth-order valence-electron chi connectivity index (χ4n) is 7.37. The number of rotatable bonds is 3. The van der Waals surface area contributed by atoms with Gasteiger partial charge in [-0.1, -0.05) is 56.2 Å². The molecule has 2 aromatic rings. The van der Waals surface area contributed by atoms with Crippen molar-refractivity contribution in [2.75, 3.05) is 20.7 Å². The maximum Gasteiger partial charge on any atom is 0.328 e. The number of imide groups is 2. The molecular weight excluding hydrogens is 466 g/mol. The van der Waals surface area contributed by atoms with Gasteiger partial charge in [0.2, 0.25) is 11.8 Å². The summed E-state index contributed by atoms with van der Waals surface area (Å²) in [5, 5.41) is 4.28. The van der Waals surface area contributed by atoms with Gasteiger partial charge in [-0.3, -0.25) is 20.2 Å². The van der Waals surface area contributed by atoms with Crippen LogP contribution < -0.4 is 15.4 Å². The van der Waals surface area contributed by atoms with Crippen LogP contribution in [-0.4, -0.2) is 49.5 Å². The summed E-state index contributed by atoms with van der Waals surface area (Å²) >= 11 is 0. The van der Waals surface area contributed by atoms with Crippen molar-refractivity contribution < 1.29 is 19.1 Å². The van der Waals surface area contributed by atoms with Crippen LogP contribution in [0.3, 0.4) is 0 Å². The van der Waals surface area contributed by atoms with Crippen LogP contribution in [0.15, 0.2) is 48.5 Å². The van der Waals surface area contributed by atoms with Gasteiger partial charge in [0.05, 0.1) is 7.11 Å². The number of benzene rings is 2. The SMILES string of the molecule is CCC1(c2ccccc2)C(=O)NC(=O)NC1=O.COc1ccc2c(c1)[C@@]13CCCC[C@@H]1[C@@H](C2)N(C)CC3. The van der Waals surface area contributed by atoms with Gasteiger partial charge < -0.3 is 9.64 Å². The zero-order chi connectivity index (χ0) is 26.2. The maximum atomic E-state index is 12.0. The lowest BCUT2D eigenvalue weighted by Gasteiger charge is -2.58. The molecule has 2 bridgehead atoms. The summed E-state index contributed by atoms with van der Waals surface area (Å²) in [4.78, 5) is 37.6. The topological polar surface area (TPSA) is 87.7 Å². The second kappa shape index (κ2) is 9.93. The first-order valence-corrected chi connectivity index (χ1v) is 13.5. The van der Waals surface area contributed by atoms with Gasteiger partial charge in [-0.2, -0.15) is 0 Å². The molecule has 7 nitrogen and oxygen atoms in total. The highest BCUT2D eigenvalue weighted by atomic mass is 16.5. The second-order valence-corrected chi connectivity index (χ2v) is 10.9. The predicted octanol–water partition coefficient (Wildman–Crippen LogP) is 4.08. The molecule has 2 heterocycles. The van der Waals surface area contributed by atoms with E-state index in [2.05, 4.69) is 40.8 Å². The minimum Gasteiger partial charge on any atom is -0.497 e. The van der Waals surface area contributed by atoms with Gasteiger partial charge in [-0.25, -0.2) is 4.79 Å². The molecule has 0 radical (unpaired) electrons. The third-order valence-corrected chi connectivity index (χ3v) is 9.35. The van der Waals surface area contributed by atoms with Gasteiger partial charge in [0.25, 0.3) is 0 Å². The Hall–Kier alpha value is -3.19. The van der Waals surface area contributed by atoms with Crippen molar-refractivity contribution in [1.82, 2.24) is 15.5 Å². The van der Waals surface area contributed by atoms with Crippen molar-refractivity contribution in [3.8, 4) is 5.75 Å². The Morgan fingerprint density at radius 3 is 2.41 bits per heavy atom. The Bertz CT molecular complexity index is 1180. The summed E-state index contributed by atoms with van der Waals surface area (Å²) < 4.78 is 5.51. The number of piperidine rings is 1. The molecule has 2 aliphatic heterocycles. The van der Waals surface area contributed by atoms with Gasteiger partial charge in [-0.15, -0.1) is 0 Å². The molecule has 37 heavy (non-hydrogen) atoms. The average Bonchev–Trinajstić information content (AvgIpc) is 2.91. The molecule has 4 amide bonds. The van der Waals surface area contributed by atoms with E-state index in [1.807, 2.05) is 0 Å². The smallest absolute Gasteiger partial charge is 0.328 e. The highest BCUT2D eigenvalue weighted by Gasteiger charge is 2.53. The quantitative estimate of drug-likeness (QED) is 0.617. The Kier molecular flexibility index (Phi) is 6.84. The molecule has 0 unspecified atom stereocenters. The number of methoxy groups -OCH3 is 1. The lowest BCUT2D eigenvalue weighted by molar-refractivity contribution is -0.138. The molecule has 0 aromatic heterocycles. The lowest BCUT2D eigenvalue weighted by Crippen LogP contribution is -2.64. The third kappa shape index (κ3) is 4.13. The minimum absolute atomic E-state index is 0.294. The molecule has 3 fully saturated rings. The van der Waals surface area contributed by atoms with Crippen LogP contribution in [0, 0.1) is 5.92 Å². The van der Waals surface area contributed by atoms with Gasteiger partial charge in [0.15, 0.2) is 5.41 Å². The largest absolute Gasteiger partial charge is 0.497 e. The summed E-state index contributed by atoms with van der Waals surface area (Å²) in [5.41, 5.74) is 2.95. The first kappa shape index (κ1) is 25.5. The zero-order valence-corrected chi connectivity index (χ0v) is 22.0. The van der Waals surface area contributed by atoms with Crippen LogP contribution in [-0.2, 0) is 26.8 Å². The van der Waals surface area contributed by atoms with Crippen LogP contribution in [0.1, 0.15) is 62.1 Å². The second-order valence-electron chi connectivity index (χ2n) is 10.9.